The standard InChI is InChI=1S/C13H23NO4/c1-5-10(15)11-7-6-9(17-11)8-14-12(16)18-13(2,3)4/h9,11H,5-8H2,1-4H3,(H,14,16). The molecule has 5 heteroatoms. The van der Waals surface area contributed by atoms with Crippen LogP contribution in [0.1, 0.15) is 47.0 Å². The van der Waals surface area contributed by atoms with E-state index in [0.717, 1.165) is 12.8 Å². The summed E-state index contributed by atoms with van der Waals surface area (Å²) in [5, 5.41) is 2.66. The molecule has 1 fully saturated rings. The number of rotatable bonds is 4. The molecule has 18 heavy (non-hydrogen) atoms. The van der Waals surface area contributed by atoms with Gasteiger partial charge in [-0.2, -0.15) is 0 Å². The van der Waals surface area contributed by atoms with Gasteiger partial charge in [0.05, 0.1) is 6.10 Å². The van der Waals surface area contributed by atoms with Crippen molar-refractivity contribution in [3.8, 4) is 0 Å². The highest BCUT2D eigenvalue weighted by Gasteiger charge is 2.29. The fourth-order valence-electron chi connectivity index (χ4n) is 1.83. The molecule has 1 heterocycles. The Balaban J connectivity index is 2.26. The molecule has 0 aromatic carbocycles. The van der Waals surface area contributed by atoms with E-state index in [4.69, 9.17) is 9.47 Å². The number of Topliss-reactive ketones (excluding diaryl/α,β-unsaturated/α-hetero) is 1. The largest absolute Gasteiger partial charge is 0.444 e. The third-order valence-electron chi connectivity index (χ3n) is 2.69. The zero-order valence-electron chi connectivity index (χ0n) is 11.6. The van der Waals surface area contributed by atoms with Gasteiger partial charge in [0.15, 0.2) is 5.78 Å². The van der Waals surface area contributed by atoms with Gasteiger partial charge in [0.2, 0.25) is 0 Å². The van der Waals surface area contributed by atoms with Gasteiger partial charge >= 0.3 is 6.09 Å². The molecule has 2 atom stereocenters. The summed E-state index contributed by atoms with van der Waals surface area (Å²) in [5.74, 6) is 0.134. The van der Waals surface area contributed by atoms with Gasteiger partial charge in [-0.1, -0.05) is 6.92 Å². The van der Waals surface area contributed by atoms with Crippen molar-refractivity contribution in [3.63, 3.8) is 0 Å². The maximum absolute atomic E-state index is 11.4. The van der Waals surface area contributed by atoms with Crippen molar-refractivity contribution in [2.45, 2.75) is 64.8 Å². The van der Waals surface area contributed by atoms with Crippen LogP contribution in [-0.2, 0) is 14.3 Å². The second-order valence-electron chi connectivity index (χ2n) is 5.53. The molecule has 0 aliphatic carbocycles. The van der Waals surface area contributed by atoms with Crippen molar-refractivity contribution in [1.82, 2.24) is 5.32 Å². The van der Waals surface area contributed by atoms with Crippen LogP contribution in [0.2, 0.25) is 0 Å². The Hall–Kier alpha value is -1.10. The van der Waals surface area contributed by atoms with Gasteiger partial charge in [0.1, 0.15) is 11.7 Å². The van der Waals surface area contributed by atoms with Crippen molar-refractivity contribution in [2.24, 2.45) is 0 Å². The zero-order valence-corrected chi connectivity index (χ0v) is 11.6. The number of nitrogens with one attached hydrogen (secondary N) is 1. The summed E-state index contributed by atoms with van der Waals surface area (Å²) in [5.41, 5.74) is -0.499. The molecule has 1 rings (SSSR count). The van der Waals surface area contributed by atoms with Gasteiger partial charge in [-0.3, -0.25) is 4.79 Å². The highest BCUT2D eigenvalue weighted by molar-refractivity contribution is 5.83. The summed E-state index contributed by atoms with van der Waals surface area (Å²) in [7, 11) is 0. The summed E-state index contributed by atoms with van der Waals surface area (Å²) in [4.78, 5) is 22.9. The average Bonchev–Trinajstić information content (AvgIpc) is 2.71. The SMILES string of the molecule is CCC(=O)C1CCC(CNC(=O)OC(C)(C)C)O1. The van der Waals surface area contributed by atoms with Crippen molar-refractivity contribution >= 4 is 11.9 Å². The van der Waals surface area contributed by atoms with Crippen molar-refractivity contribution in [2.75, 3.05) is 6.54 Å². The van der Waals surface area contributed by atoms with Crippen LogP contribution in [0.15, 0.2) is 0 Å². The second-order valence-corrected chi connectivity index (χ2v) is 5.53. The second kappa shape index (κ2) is 6.18. The molecule has 0 saturated carbocycles. The van der Waals surface area contributed by atoms with E-state index in [1.165, 1.54) is 0 Å². The predicted octanol–water partition coefficient (Wildman–Crippen LogP) is 2.04. The van der Waals surface area contributed by atoms with Crippen LogP contribution in [0.3, 0.4) is 0 Å². The first-order valence-electron chi connectivity index (χ1n) is 6.47. The lowest BCUT2D eigenvalue weighted by Crippen LogP contribution is -2.37. The van der Waals surface area contributed by atoms with Crippen LogP contribution in [0, 0.1) is 0 Å². The molecule has 0 aromatic rings. The molecule has 1 N–H and O–H groups in total. The molecule has 0 bridgehead atoms. The Morgan fingerprint density at radius 3 is 2.56 bits per heavy atom. The minimum atomic E-state index is -0.499. The Labute approximate surface area is 108 Å². The van der Waals surface area contributed by atoms with Crippen molar-refractivity contribution in [3.05, 3.63) is 0 Å². The van der Waals surface area contributed by atoms with E-state index in [1.54, 1.807) is 0 Å². The minimum absolute atomic E-state index is 0.0852. The van der Waals surface area contributed by atoms with Gasteiger partial charge in [-0.25, -0.2) is 4.79 Å². The molecule has 1 amide bonds. The predicted molar refractivity (Wildman–Crippen MR) is 67.4 cm³/mol. The van der Waals surface area contributed by atoms with Crippen LogP contribution >= 0.6 is 0 Å². The van der Waals surface area contributed by atoms with Crippen LogP contribution in [0.4, 0.5) is 4.79 Å². The van der Waals surface area contributed by atoms with E-state index < -0.39 is 11.7 Å². The van der Waals surface area contributed by atoms with E-state index in [2.05, 4.69) is 5.32 Å². The Bertz CT molecular complexity index is 309. The normalized spacial score (nSPS) is 23.8. The van der Waals surface area contributed by atoms with Gasteiger partial charge in [0, 0.05) is 13.0 Å². The number of ether oxygens (including phenoxy) is 2. The van der Waals surface area contributed by atoms with Gasteiger partial charge < -0.3 is 14.8 Å². The maximum atomic E-state index is 11.4. The van der Waals surface area contributed by atoms with Crippen LogP contribution in [0.5, 0.6) is 0 Å². The zero-order chi connectivity index (χ0) is 13.8. The quantitative estimate of drug-likeness (QED) is 0.837. The van der Waals surface area contributed by atoms with Crippen molar-refractivity contribution < 1.29 is 19.1 Å². The van der Waals surface area contributed by atoms with Crippen molar-refractivity contribution in [1.29, 1.82) is 0 Å². The first-order valence-corrected chi connectivity index (χ1v) is 6.47. The lowest BCUT2D eigenvalue weighted by Gasteiger charge is -2.20. The molecule has 104 valence electrons. The molecule has 0 radical (unpaired) electrons. The van der Waals surface area contributed by atoms with Gasteiger partial charge in [0.25, 0.3) is 0 Å². The summed E-state index contributed by atoms with van der Waals surface area (Å²) in [6, 6.07) is 0. The third-order valence-corrected chi connectivity index (χ3v) is 2.69. The number of alkyl carbamates (subject to hydrolysis) is 1. The van der Waals surface area contributed by atoms with Crippen LogP contribution < -0.4 is 5.32 Å². The molecule has 0 aromatic heterocycles. The summed E-state index contributed by atoms with van der Waals surface area (Å²) in [6.45, 7) is 7.66. The molecule has 0 spiro atoms. The Morgan fingerprint density at radius 2 is 2.00 bits per heavy atom. The first-order chi connectivity index (χ1) is 8.31. The third kappa shape index (κ3) is 5.04. The van der Waals surface area contributed by atoms with E-state index in [1.807, 2.05) is 27.7 Å². The highest BCUT2D eigenvalue weighted by Crippen LogP contribution is 2.20. The van der Waals surface area contributed by atoms with Crippen LogP contribution in [0.25, 0.3) is 0 Å². The molecular weight excluding hydrogens is 234 g/mol. The maximum Gasteiger partial charge on any atom is 0.407 e. The number of hydrogen-bond donors (Lipinski definition) is 1. The van der Waals surface area contributed by atoms with E-state index in [0.29, 0.717) is 13.0 Å². The summed E-state index contributed by atoms with van der Waals surface area (Å²) < 4.78 is 10.7. The van der Waals surface area contributed by atoms with E-state index >= 15 is 0 Å². The number of hydrogen-bond acceptors (Lipinski definition) is 4. The smallest absolute Gasteiger partial charge is 0.407 e. The Kier molecular flexibility index (Phi) is 5.14. The molecule has 1 aliphatic heterocycles. The highest BCUT2D eigenvalue weighted by atomic mass is 16.6. The first kappa shape index (κ1) is 15.0. The van der Waals surface area contributed by atoms with E-state index in [9.17, 15) is 9.59 Å². The topological polar surface area (TPSA) is 64.6 Å². The number of amides is 1. The summed E-state index contributed by atoms with van der Waals surface area (Å²) in [6.07, 6.45) is 1.21. The van der Waals surface area contributed by atoms with Gasteiger partial charge in [-0.05, 0) is 33.6 Å². The number of carbonyl (C=O) groups excluding carboxylic acids is 2. The summed E-state index contributed by atoms with van der Waals surface area (Å²) >= 11 is 0. The monoisotopic (exact) mass is 257 g/mol. The lowest BCUT2D eigenvalue weighted by molar-refractivity contribution is -0.129. The van der Waals surface area contributed by atoms with E-state index in [-0.39, 0.29) is 18.0 Å². The lowest BCUT2D eigenvalue weighted by atomic mass is 10.1. The molecular formula is C13H23NO4. The van der Waals surface area contributed by atoms with Crippen LogP contribution in [-0.4, -0.2) is 36.2 Å². The fraction of sp³-hybridized carbons (Fsp3) is 0.846. The Morgan fingerprint density at radius 1 is 1.33 bits per heavy atom. The number of carbonyl (C=O) groups is 2. The molecule has 1 saturated heterocycles. The number of ketones is 1. The molecule has 1 aliphatic rings. The molecule has 2 unspecified atom stereocenters. The van der Waals surface area contributed by atoms with Gasteiger partial charge in [-0.15, -0.1) is 0 Å². The average molecular weight is 257 g/mol. The molecule has 5 nitrogen and oxygen atoms in total. The fourth-order valence-corrected chi connectivity index (χ4v) is 1.83. The minimum Gasteiger partial charge on any atom is -0.444 e.